The molecule has 3 nitrogen and oxygen atoms in total. The molecular weight excluding hydrogens is 256 g/mol. The van der Waals surface area contributed by atoms with Crippen molar-refractivity contribution >= 4 is 15.9 Å². The first-order chi connectivity index (χ1) is 7.10. The molecule has 4 heteroatoms. The van der Waals surface area contributed by atoms with Crippen molar-refractivity contribution in [3.63, 3.8) is 0 Å². The Morgan fingerprint density at radius 2 is 2.07 bits per heavy atom. The highest BCUT2D eigenvalue weighted by Crippen LogP contribution is 2.34. The van der Waals surface area contributed by atoms with Gasteiger partial charge in [0, 0.05) is 11.7 Å². The molecule has 1 aromatic heterocycles. The molecule has 1 aliphatic carbocycles. The van der Waals surface area contributed by atoms with E-state index in [1.807, 2.05) is 18.3 Å². The van der Waals surface area contributed by atoms with Gasteiger partial charge in [-0.3, -0.25) is 0 Å². The van der Waals surface area contributed by atoms with Gasteiger partial charge in [-0.05, 0) is 53.2 Å². The number of hydrogen-bond donors (Lipinski definition) is 2. The number of aliphatic hydroxyl groups excluding tert-OH is 1. The second-order valence-electron chi connectivity index (χ2n) is 4.26. The van der Waals surface area contributed by atoms with Crippen molar-refractivity contribution in [1.29, 1.82) is 0 Å². The zero-order chi connectivity index (χ0) is 10.9. The third-order valence-corrected chi connectivity index (χ3v) is 3.62. The van der Waals surface area contributed by atoms with Crippen molar-refractivity contribution in [2.45, 2.75) is 37.3 Å². The van der Waals surface area contributed by atoms with Crippen LogP contribution in [-0.2, 0) is 5.54 Å². The lowest BCUT2D eigenvalue weighted by Gasteiger charge is -2.35. The minimum absolute atomic E-state index is 0.176. The van der Waals surface area contributed by atoms with Gasteiger partial charge < -0.3 is 10.8 Å². The summed E-state index contributed by atoms with van der Waals surface area (Å²) in [6.07, 6.45) is 4.88. The molecule has 2 rings (SSSR count). The van der Waals surface area contributed by atoms with E-state index in [1.165, 1.54) is 0 Å². The molecule has 0 radical (unpaired) electrons. The molecule has 0 aliphatic heterocycles. The van der Waals surface area contributed by atoms with Crippen molar-refractivity contribution in [3.8, 4) is 0 Å². The summed E-state index contributed by atoms with van der Waals surface area (Å²) >= 11 is 3.30. The summed E-state index contributed by atoms with van der Waals surface area (Å²) in [5, 5.41) is 9.45. The number of halogens is 1. The van der Waals surface area contributed by atoms with Crippen molar-refractivity contribution in [3.05, 3.63) is 28.5 Å². The van der Waals surface area contributed by atoms with Crippen LogP contribution in [-0.4, -0.2) is 16.2 Å². The number of hydrogen-bond acceptors (Lipinski definition) is 3. The van der Waals surface area contributed by atoms with E-state index in [0.29, 0.717) is 0 Å². The Morgan fingerprint density at radius 3 is 2.60 bits per heavy atom. The third kappa shape index (κ3) is 2.38. The predicted molar refractivity (Wildman–Crippen MR) is 62.3 cm³/mol. The molecule has 0 spiro atoms. The first kappa shape index (κ1) is 11.0. The lowest BCUT2D eigenvalue weighted by molar-refractivity contribution is 0.0968. The fourth-order valence-corrected chi connectivity index (χ4v) is 2.31. The Balaban J connectivity index is 2.18. The number of nitrogens with two attached hydrogens (primary N) is 1. The Hall–Kier alpha value is -0.450. The maximum Gasteiger partial charge on any atom is 0.106 e. The second-order valence-corrected chi connectivity index (χ2v) is 5.07. The van der Waals surface area contributed by atoms with E-state index in [2.05, 4.69) is 20.9 Å². The van der Waals surface area contributed by atoms with Crippen LogP contribution in [0.1, 0.15) is 31.2 Å². The van der Waals surface area contributed by atoms with Crippen LogP contribution in [0.3, 0.4) is 0 Å². The van der Waals surface area contributed by atoms with Gasteiger partial charge in [-0.1, -0.05) is 6.07 Å². The van der Waals surface area contributed by atoms with E-state index in [0.717, 1.165) is 35.8 Å². The van der Waals surface area contributed by atoms with Gasteiger partial charge >= 0.3 is 0 Å². The summed E-state index contributed by atoms with van der Waals surface area (Å²) in [7, 11) is 0. The van der Waals surface area contributed by atoms with E-state index in [9.17, 15) is 5.11 Å². The van der Waals surface area contributed by atoms with Crippen LogP contribution in [0.15, 0.2) is 22.9 Å². The molecule has 1 saturated carbocycles. The highest BCUT2D eigenvalue weighted by molar-refractivity contribution is 9.10. The van der Waals surface area contributed by atoms with Crippen LogP contribution in [0.4, 0.5) is 0 Å². The highest BCUT2D eigenvalue weighted by atomic mass is 79.9. The lowest BCUT2D eigenvalue weighted by atomic mass is 9.77. The zero-order valence-electron chi connectivity index (χ0n) is 8.49. The lowest BCUT2D eigenvalue weighted by Crippen LogP contribution is -2.41. The number of rotatable bonds is 1. The van der Waals surface area contributed by atoms with E-state index in [4.69, 9.17) is 5.73 Å². The van der Waals surface area contributed by atoms with E-state index in [1.54, 1.807) is 0 Å². The highest BCUT2D eigenvalue weighted by Gasteiger charge is 2.32. The first-order valence-corrected chi connectivity index (χ1v) is 5.98. The van der Waals surface area contributed by atoms with Gasteiger partial charge in [0.15, 0.2) is 0 Å². The maximum absolute atomic E-state index is 9.45. The van der Waals surface area contributed by atoms with Gasteiger partial charge in [0.25, 0.3) is 0 Å². The minimum atomic E-state index is -0.299. The van der Waals surface area contributed by atoms with Crippen LogP contribution in [0.25, 0.3) is 0 Å². The molecule has 0 amide bonds. The average Bonchev–Trinajstić information content (AvgIpc) is 2.24. The Kier molecular flexibility index (Phi) is 3.09. The molecule has 0 atom stereocenters. The first-order valence-electron chi connectivity index (χ1n) is 5.19. The van der Waals surface area contributed by atoms with Gasteiger partial charge in [-0.25, -0.2) is 4.98 Å². The van der Waals surface area contributed by atoms with Gasteiger partial charge in [0.2, 0.25) is 0 Å². The summed E-state index contributed by atoms with van der Waals surface area (Å²) in [5.74, 6) is 0. The number of aliphatic hydroxyl groups is 1. The zero-order valence-corrected chi connectivity index (χ0v) is 10.1. The molecule has 3 N–H and O–H groups in total. The Labute approximate surface area is 97.8 Å². The predicted octanol–water partition coefficient (Wildman–Crippen LogP) is 1.93. The Morgan fingerprint density at radius 1 is 1.40 bits per heavy atom. The molecule has 1 heterocycles. The number of pyridine rings is 1. The molecule has 1 aliphatic rings. The average molecular weight is 271 g/mol. The SMILES string of the molecule is NC1(c2ccc(Br)nc2)CCC(O)CC1. The fourth-order valence-electron chi connectivity index (χ4n) is 2.08. The summed E-state index contributed by atoms with van der Waals surface area (Å²) in [6.45, 7) is 0. The van der Waals surface area contributed by atoms with E-state index < -0.39 is 0 Å². The fraction of sp³-hybridized carbons (Fsp3) is 0.545. The largest absolute Gasteiger partial charge is 0.393 e. The van der Waals surface area contributed by atoms with Gasteiger partial charge in [0.05, 0.1) is 6.10 Å². The molecule has 0 unspecified atom stereocenters. The topological polar surface area (TPSA) is 59.1 Å². The monoisotopic (exact) mass is 270 g/mol. The van der Waals surface area contributed by atoms with Gasteiger partial charge in [0.1, 0.15) is 4.60 Å². The minimum Gasteiger partial charge on any atom is -0.393 e. The summed E-state index contributed by atoms with van der Waals surface area (Å²) in [5.41, 5.74) is 7.09. The van der Waals surface area contributed by atoms with Crippen molar-refractivity contribution in [1.82, 2.24) is 4.98 Å². The summed E-state index contributed by atoms with van der Waals surface area (Å²) < 4.78 is 0.825. The molecular formula is C11H15BrN2O. The van der Waals surface area contributed by atoms with Gasteiger partial charge in [-0.15, -0.1) is 0 Å². The quantitative estimate of drug-likeness (QED) is 0.767. The molecule has 82 valence electrons. The summed E-state index contributed by atoms with van der Waals surface area (Å²) in [6, 6.07) is 3.92. The molecule has 1 aromatic rings. The van der Waals surface area contributed by atoms with Gasteiger partial charge in [-0.2, -0.15) is 0 Å². The second kappa shape index (κ2) is 4.20. The van der Waals surface area contributed by atoms with Crippen molar-refractivity contribution < 1.29 is 5.11 Å². The number of nitrogens with zero attached hydrogens (tertiary/aromatic N) is 1. The maximum atomic E-state index is 9.45. The summed E-state index contributed by atoms with van der Waals surface area (Å²) in [4.78, 5) is 4.19. The van der Waals surface area contributed by atoms with Crippen LogP contribution < -0.4 is 5.73 Å². The van der Waals surface area contributed by atoms with Crippen LogP contribution in [0.2, 0.25) is 0 Å². The smallest absolute Gasteiger partial charge is 0.106 e. The van der Waals surface area contributed by atoms with Crippen LogP contribution in [0, 0.1) is 0 Å². The standard InChI is InChI=1S/C11H15BrN2O/c12-10-2-1-8(7-14-10)11(13)5-3-9(15)4-6-11/h1-2,7,9,15H,3-6,13H2. The van der Waals surface area contributed by atoms with E-state index in [-0.39, 0.29) is 11.6 Å². The van der Waals surface area contributed by atoms with Crippen molar-refractivity contribution in [2.24, 2.45) is 5.73 Å². The normalized spacial score (nSPS) is 31.5. The van der Waals surface area contributed by atoms with Crippen LogP contribution in [0.5, 0.6) is 0 Å². The molecule has 1 fully saturated rings. The van der Waals surface area contributed by atoms with Crippen LogP contribution >= 0.6 is 15.9 Å². The van der Waals surface area contributed by atoms with E-state index >= 15 is 0 Å². The Bertz CT molecular complexity index is 331. The molecule has 0 aromatic carbocycles. The third-order valence-electron chi connectivity index (χ3n) is 3.15. The molecule has 15 heavy (non-hydrogen) atoms. The van der Waals surface area contributed by atoms with Crippen molar-refractivity contribution in [2.75, 3.05) is 0 Å². The molecule has 0 saturated heterocycles. The molecule has 0 bridgehead atoms. The number of aromatic nitrogens is 1.